The van der Waals surface area contributed by atoms with Crippen molar-refractivity contribution in [3.8, 4) is 0 Å². The second kappa shape index (κ2) is 7.01. The standard InChI is InChI=1S/C17H23N3OS/c1-5-17(3,4)15(21)18-16-20-19-14(22-16)11-12(2)13-9-7-6-8-10-13/h6-10,12H,5,11H2,1-4H3,(H,18,20,21). The molecule has 0 aliphatic heterocycles. The molecule has 0 saturated carbocycles. The van der Waals surface area contributed by atoms with Crippen LogP contribution < -0.4 is 5.32 Å². The van der Waals surface area contributed by atoms with Gasteiger partial charge in [0.2, 0.25) is 11.0 Å². The normalized spacial score (nSPS) is 12.9. The van der Waals surface area contributed by atoms with Crippen molar-refractivity contribution in [1.82, 2.24) is 10.2 Å². The summed E-state index contributed by atoms with van der Waals surface area (Å²) in [5.41, 5.74) is 0.902. The van der Waals surface area contributed by atoms with Gasteiger partial charge in [0.05, 0.1) is 0 Å². The third kappa shape index (κ3) is 4.13. The molecular weight excluding hydrogens is 294 g/mol. The van der Waals surface area contributed by atoms with Gasteiger partial charge in [-0.15, -0.1) is 10.2 Å². The van der Waals surface area contributed by atoms with Gasteiger partial charge in [0.25, 0.3) is 0 Å². The quantitative estimate of drug-likeness (QED) is 0.866. The molecule has 1 atom stereocenters. The first kappa shape index (κ1) is 16.6. The van der Waals surface area contributed by atoms with Gasteiger partial charge in [0, 0.05) is 11.8 Å². The van der Waals surface area contributed by atoms with E-state index >= 15 is 0 Å². The fourth-order valence-electron chi connectivity index (χ4n) is 1.97. The van der Waals surface area contributed by atoms with Crippen molar-refractivity contribution < 1.29 is 4.79 Å². The summed E-state index contributed by atoms with van der Waals surface area (Å²) in [6, 6.07) is 10.4. The van der Waals surface area contributed by atoms with Crippen molar-refractivity contribution >= 4 is 22.4 Å². The van der Waals surface area contributed by atoms with E-state index in [-0.39, 0.29) is 11.3 Å². The van der Waals surface area contributed by atoms with Crippen LogP contribution in [0.3, 0.4) is 0 Å². The number of anilines is 1. The van der Waals surface area contributed by atoms with Gasteiger partial charge in [-0.1, -0.05) is 69.4 Å². The van der Waals surface area contributed by atoms with Gasteiger partial charge in [-0.05, 0) is 17.9 Å². The predicted octanol–water partition coefficient (Wildman–Crippen LogP) is 4.26. The monoisotopic (exact) mass is 317 g/mol. The van der Waals surface area contributed by atoms with Crippen LogP contribution in [0, 0.1) is 5.41 Å². The third-order valence-electron chi connectivity index (χ3n) is 4.04. The van der Waals surface area contributed by atoms with Crippen LogP contribution >= 0.6 is 11.3 Å². The summed E-state index contributed by atoms with van der Waals surface area (Å²) in [4.78, 5) is 12.1. The Labute approximate surface area is 136 Å². The fourth-order valence-corrected chi connectivity index (χ4v) is 2.84. The van der Waals surface area contributed by atoms with Crippen molar-refractivity contribution in [1.29, 1.82) is 0 Å². The van der Waals surface area contributed by atoms with Crippen LogP contribution in [0.4, 0.5) is 5.13 Å². The summed E-state index contributed by atoms with van der Waals surface area (Å²) in [5, 5.41) is 12.7. The van der Waals surface area contributed by atoms with E-state index in [1.54, 1.807) is 0 Å². The SMILES string of the molecule is CCC(C)(C)C(=O)Nc1nnc(CC(C)c2ccccc2)s1. The maximum absolute atomic E-state index is 12.1. The molecule has 0 bridgehead atoms. The van der Waals surface area contributed by atoms with E-state index in [0.29, 0.717) is 11.0 Å². The second-order valence-electron chi connectivity index (χ2n) is 6.21. The fraction of sp³-hybridized carbons (Fsp3) is 0.471. The molecule has 1 heterocycles. The molecule has 1 unspecified atom stereocenters. The molecule has 1 N–H and O–H groups in total. The summed E-state index contributed by atoms with van der Waals surface area (Å²) < 4.78 is 0. The Morgan fingerprint density at radius 2 is 1.95 bits per heavy atom. The molecule has 22 heavy (non-hydrogen) atoms. The number of amides is 1. The van der Waals surface area contributed by atoms with Gasteiger partial charge in [0.15, 0.2) is 0 Å². The Morgan fingerprint density at radius 3 is 2.59 bits per heavy atom. The van der Waals surface area contributed by atoms with Crippen LogP contribution in [0.1, 0.15) is 50.6 Å². The number of rotatable bonds is 6. The molecule has 4 nitrogen and oxygen atoms in total. The maximum Gasteiger partial charge on any atom is 0.231 e. The Kier molecular flexibility index (Phi) is 5.29. The number of aromatic nitrogens is 2. The first-order valence-electron chi connectivity index (χ1n) is 7.61. The Balaban J connectivity index is 1.99. The van der Waals surface area contributed by atoms with Crippen molar-refractivity contribution in [3.63, 3.8) is 0 Å². The van der Waals surface area contributed by atoms with E-state index in [4.69, 9.17) is 0 Å². The summed E-state index contributed by atoms with van der Waals surface area (Å²) in [7, 11) is 0. The number of hydrogen-bond acceptors (Lipinski definition) is 4. The molecule has 0 saturated heterocycles. The predicted molar refractivity (Wildman–Crippen MR) is 91.2 cm³/mol. The van der Waals surface area contributed by atoms with Crippen LogP contribution in [-0.2, 0) is 11.2 Å². The van der Waals surface area contributed by atoms with Gasteiger partial charge < -0.3 is 5.32 Å². The Hall–Kier alpha value is -1.75. The van der Waals surface area contributed by atoms with Gasteiger partial charge in [-0.3, -0.25) is 4.79 Å². The lowest BCUT2D eigenvalue weighted by molar-refractivity contribution is -0.124. The lowest BCUT2D eigenvalue weighted by atomic mass is 9.89. The van der Waals surface area contributed by atoms with Crippen LogP contribution in [0.2, 0.25) is 0 Å². The number of nitrogens with one attached hydrogen (secondary N) is 1. The van der Waals surface area contributed by atoms with Crippen LogP contribution in [0.25, 0.3) is 0 Å². The lowest BCUT2D eigenvalue weighted by Crippen LogP contribution is -2.29. The molecule has 1 amide bonds. The third-order valence-corrected chi connectivity index (χ3v) is 4.90. The number of carbonyl (C=O) groups excluding carboxylic acids is 1. The number of carbonyl (C=O) groups is 1. The average Bonchev–Trinajstić information content (AvgIpc) is 2.95. The van der Waals surface area contributed by atoms with Crippen LogP contribution in [0.15, 0.2) is 30.3 Å². The van der Waals surface area contributed by atoms with E-state index in [1.807, 2.05) is 39.0 Å². The van der Waals surface area contributed by atoms with Crippen molar-refractivity contribution in [3.05, 3.63) is 40.9 Å². The minimum absolute atomic E-state index is 0.00573. The van der Waals surface area contributed by atoms with E-state index in [2.05, 4.69) is 34.6 Å². The summed E-state index contributed by atoms with van der Waals surface area (Å²) in [6.07, 6.45) is 1.62. The molecule has 1 aromatic carbocycles. The van der Waals surface area contributed by atoms with Crippen LogP contribution in [-0.4, -0.2) is 16.1 Å². The van der Waals surface area contributed by atoms with Crippen molar-refractivity contribution in [2.24, 2.45) is 5.41 Å². The van der Waals surface area contributed by atoms with E-state index in [1.165, 1.54) is 16.9 Å². The minimum atomic E-state index is -0.386. The smallest absolute Gasteiger partial charge is 0.231 e. The molecule has 0 aliphatic carbocycles. The van der Waals surface area contributed by atoms with Gasteiger partial charge in [0.1, 0.15) is 5.01 Å². The number of nitrogens with zero attached hydrogens (tertiary/aromatic N) is 2. The molecule has 0 fully saturated rings. The first-order chi connectivity index (χ1) is 10.4. The van der Waals surface area contributed by atoms with Gasteiger partial charge >= 0.3 is 0 Å². The topological polar surface area (TPSA) is 54.9 Å². The number of hydrogen-bond donors (Lipinski definition) is 1. The highest BCUT2D eigenvalue weighted by Crippen LogP contribution is 2.26. The zero-order chi connectivity index (χ0) is 16.2. The molecule has 1 aromatic heterocycles. The second-order valence-corrected chi connectivity index (χ2v) is 7.27. The van der Waals surface area contributed by atoms with Crippen LogP contribution in [0.5, 0.6) is 0 Å². The highest BCUT2D eigenvalue weighted by molar-refractivity contribution is 7.15. The number of benzene rings is 1. The summed E-state index contributed by atoms with van der Waals surface area (Å²) in [5.74, 6) is 0.374. The summed E-state index contributed by atoms with van der Waals surface area (Å²) in [6.45, 7) is 8.05. The van der Waals surface area contributed by atoms with Gasteiger partial charge in [-0.2, -0.15) is 0 Å². The molecule has 0 spiro atoms. The first-order valence-corrected chi connectivity index (χ1v) is 8.43. The molecular formula is C17H23N3OS. The lowest BCUT2D eigenvalue weighted by Gasteiger charge is -2.20. The molecule has 0 aliphatic rings. The van der Waals surface area contributed by atoms with Crippen molar-refractivity contribution in [2.75, 3.05) is 5.32 Å². The molecule has 2 rings (SSSR count). The zero-order valence-electron chi connectivity index (χ0n) is 13.6. The largest absolute Gasteiger partial charge is 0.300 e. The molecule has 118 valence electrons. The molecule has 0 radical (unpaired) electrons. The van der Waals surface area contributed by atoms with Crippen molar-refractivity contribution in [2.45, 2.75) is 46.5 Å². The zero-order valence-corrected chi connectivity index (χ0v) is 14.4. The van der Waals surface area contributed by atoms with E-state index < -0.39 is 0 Å². The molecule has 5 heteroatoms. The Morgan fingerprint density at radius 1 is 1.27 bits per heavy atom. The molecule has 2 aromatic rings. The van der Waals surface area contributed by atoms with Gasteiger partial charge in [-0.25, -0.2) is 0 Å². The highest BCUT2D eigenvalue weighted by atomic mass is 32.1. The minimum Gasteiger partial charge on any atom is -0.300 e. The average molecular weight is 317 g/mol. The highest BCUT2D eigenvalue weighted by Gasteiger charge is 2.26. The van der Waals surface area contributed by atoms with E-state index in [0.717, 1.165) is 17.8 Å². The Bertz CT molecular complexity index is 622. The maximum atomic E-state index is 12.1. The summed E-state index contributed by atoms with van der Waals surface area (Å²) >= 11 is 1.46. The van der Waals surface area contributed by atoms with E-state index in [9.17, 15) is 4.79 Å².